The molecule has 5 nitrogen and oxygen atoms in total. The third-order valence-corrected chi connectivity index (χ3v) is 6.64. The first kappa shape index (κ1) is 16.9. The Hall–Kier alpha value is -0.950. The Morgan fingerprint density at radius 1 is 1.22 bits per heavy atom. The molecule has 0 spiro atoms. The van der Waals surface area contributed by atoms with Crippen LogP contribution >= 0.6 is 0 Å². The molecule has 2 aliphatic rings. The number of benzene rings is 1. The predicted molar refractivity (Wildman–Crippen MR) is 89.7 cm³/mol. The summed E-state index contributed by atoms with van der Waals surface area (Å²) in [6.45, 7) is 6.34. The van der Waals surface area contributed by atoms with Crippen LogP contribution < -0.4 is 10.0 Å². The Morgan fingerprint density at radius 2 is 1.96 bits per heavy atom. The van der Waals surface area contributed by atoms with E-state index in [0.29, 0.717) is 36.0 Å². The number of nitrogens with one attached hydrogen (secondary N) is 2. The van der Waals surface area contributed by atoms with Crippen LogP contribution in [0.1, 0.15) is 26.7 Å². The summed E-state index contributed by atoms with van der Waals surface area (Å²) in [4.78, 5) is 0.310. The Bertz CT molecular complexity index is 630. The van der Waals surface area contributed by atoms with E-state index in [2.05, 4.69) is 23.9 Å². The maximum Gasteiger partial charge on any atom is 0.240 e. The normalized spacial score (nSPS) is 29.6. The van der Waals surface area contributed by atoms with E-state index in [-0.39, 0.29) is 5.41 Å². The smallest absolute Gasteiger partial charge is 0.240 e. The van der Waals surface area contributed by atoms with Crippen molar-refractivity contribution in [1.82, 2.24) is 10.0 Å². The molecular weight excluding hydrogens is 312 g/mol. The summed E-state index contributed by atoms with van der Waals surface area (Å²) in [6.07, 6.45) is 2.66. The molecule has 2 N–H and O–H groups in total. The van der Waals surface area contributed by atoms with E-state index in [1.54, 1.807) is 24.3 Å². The first-order chi connectivity index (χ1) is 10.9. The highest BCUT2D eigenvalue weighted by atomic mass is 32.2. The monoisotopic (exact) mass is 338 g/mol. The van der Waals surface area contributed by atoms with Gasteiger partial charge in [0.15, 0.2) is 0 Å². The standard InChI is InChI=1S/C17H26N2O3S/c1-17(2)15(14-9-6-12-22-16(14)17)18-10-11-19-23(20,21)13-7-4-3-5-8-13/h3-5,7-8,14-16,18-19H,6,9-12H2,1-2H3/t14-,15-,16+/m1/s1. The molecule has 0 radical (unpaired) electrons. The van der Waals surface area contributed by atoms with Crippen LogP contribution in [0.15, 0.2) is 35.2 Å². The molecule has 3 rings (SSSR count). The lowest BCUT2D eigenvalue weighted by molar-refractivity contribution is -0.192. The maximum absolute atomic E-state index is 12.2. The van der Waals surface area contributed by atoms with Crippen molar-refractivity contribution < 1.29 is 13.2 Å². The minimum absolute atomic E-state index is 0.114. The summed E-state index contributed by atoms with van der Waals surface area (Å²) in [5, 5.41) is 3.53. The number of hydrogen-bond acceptors (Lipinski definition) is 4. The molecule has 0 bridgehead atoms. The zero-order chi connectivity index (χ0) is 16.5. The molecule has 3 atom stereocenters. The SMILES string of the molecule is CC1(C)[C@H](NCCNS(=O)(=O)c2ccccc2)[C@H]2CCCO[C@@H]21. The second-order valence-electron chi connectivity index (χ2n) is 7.06. The van der Waals surface area contributed by atoms with Crippen molar-refractivity contribution in [3.8, 4) is 0 Å². The average molecular weight is 338 g/mol. The van der Waals surface area contributed by atoms with E-state index >= 15 is 0 Å². The highest BCUT2D eigenvalue weighted by Gasteiger charge is 2.57. The molecule has 1 aromatic carbocycles. The summed E-state index contributed by atoms with van der Waals surface area (Å²) in [5.41, 5.74) is 0.114. The van der Waals surface area contributed by atoms with Gasteiger partial charge >= 0.3 is 0 Å². The topological polar surface area (TPSA) is 67.4 Å². The predicted octanol–water partition coefficient (Wildman–Crippen LogP) is 1.76. The third kappa shape index (κ3) is 3.31. The van der Waals surface area contributed by atoms with Gasteiger partial charge in [0.05, 0.1) is 11.0 Å². The summed E-state index contributed by atoms with van der Waals surface area (Å²) < 4.78 is 32.9. The van der Waals surface area contributed by atoms with Crippen LogP contribution in [0.25, 0.3) is 0 Å². The van der Waals surface area contributed by atoms with Gasteiger partial charge in [-0.2, -0.15) is 0 Å². The number of hydrogen-bond donors (Lipinski definition) is 2. The number of sulfonamides is 1. The lowest BCUT2D eigenvalue weighted by Crippen LogP contribution is -2.69. The van der Waals surface area contributed by atoms with Gasteiger partial charge in [-0.05, 0) is 25.0 Å². The van der Waals surface area contributed by atoms with E-state index < -0.39 is 10.0 Å². The molecule has 6 heteroatoms. The lowest BCUT2D eigenvalue weighted by atomic mass is 9.55. The van der Waals surface area contributed by atoms with Crippen LogP contribution in [0.5, 0.6) is 0 Å². The Morgan fingerprint density at radius 3 is 2.70 bits per heavy atom. The van der Waals surface area contributed by atoms with Crippen molar-refractivity contribution in [2.75, 3.05) is 19.7 Å². The summed E-state index contributed by atoms with van der Waals surface area (Å²) in [5.74, 6) is 0.560. The fourth-order valence-corrected chi connectivity index (χ4v) is 5.09. The first-order valence-corrected chi connectivity index (χ1v) is 9.81. The number of ether oxygens (including phenoxy) is 1. The molecule has 1 aromatic rings. The fraction of sp³-hybridized carbons (Fsp3) is 0.647. The van der Waals surface area contributed by atoms with Crippen molar-refractivity contribution in [1.29, 1.82) is 0 Å². The zero-order valence-electron chi connectivity index (χ0n) is 13.8. The van der Waals surface area contributed by atoms with Crippen LogP contribution in [0.2, 0.25) is 0 Å². The molecule has 2 fully saturated rings. The van der Waals surface area contributed by atoms with Gasteiger partial charge < -0.3 is 10.1 Å². The minimum Gasteiger partial charge on any atom is -0.377 e. The largest absolute Gasteiger partial charge is 0.377 e. The summed E-state index contributed by atoms with van der Waals surface area (Å²) in [6, 6.07) is 8.87. The van der Waals surface area contributed by atoms with Gasteiger partial charge in [0.2, 0.25) is 10.0 Å². The molecule has 1 aliphatic heterocycles. The van der Waals surface area contributed by atoms with E-state index in [9.17, 15) is 8.42 Å². The van der Waals surface area contributed by atoms with E-state index in [0.717, 1.165) is 13.0 Å². The molecule has 0 unspecified atom stereocenters. The summed E-state index contributed by atoms with van der Waals surface area (Å²) >= 11 is 0. The van der Waals surface area contributed by atoms with Crippen LogP contribution in [0, 0.1) is 11.3 Å². The average Bonchev–Trinajstić information content (AvgIpc) is 2.55. The second kappa shape index (κ2) is 6.51. The molecule has 1 heterocycles. The zero-order valence-corrected chi connectivity index (χ0v) is 14.6. The van der Waals surface area contributed by atoms with Crippen molar-refractivity contribution in [3.63, 3.8) is 0 Å². The molecule has 0 amide bonds. The van der Waals surface area contributed by atoms with E-state index in [1.807, 2.05) is 6.07 Å². The number of fused-ring (bicyclic) bond motifs is 1. The van der Waals surface area contributed by atoms with Gasteiger partial charge in [-0.25, -0.2) is 13.1 Å². The molecule has 1 saturated carbocycles. The van der Waals surface area contributed by atoms with Gasteiger partial charge in [-0.15, -0.1) is 0 Å². The molecule has 0 aromatic heterocycles. The van der Waals surface area contributed by atoms with Crippen molar-refractivity contribution >= 4 is 10.0 Å². The van der Waals surface area contributed by atoms with Crippen molar-refractivity contribution in [2.24, 2.45) is 11.3 Å². The van der Waals surface area contributed by atoms with Gasteiger partial charge in [0.25, 0.3) is 0 Å². The Balaban J connectivity index is 1.49. The van der Waals surface area contributed by atoms with Gasteiger partial charge in [-0.3, -0.25) is 0 Å². The van der Waals surface area contributed by atoms with Gasteiger partial charge in [0, 0.05) is 37.1 Å². The van der Waals surface area contributed by atoms with Gasteiger partial charge in [0.1, 0.15) is 0 Å². The molecule has 23 heavy (non-hydrogen) atoms. The summed E-state index contributed by atoms with van der Waals surface area (Å²) in [7, 11) is -3.41. The Labute approximate surface area is 138 Å². The van der Waals surface area contributed by atoms with Crippen LogP contribution in [-0.2, 0) is 14.8 Å². The fourth-order valence-electron chi connectivity index (χ4n) is 4.03. The lowest BCUT2D eigenvalue weighted by Gasteiger charge is -2.60. The molecule has 1 aliphatic carbocycles. The van der Waals surface area contributed by atoms with Crippen LogP contribution in [0.4, 0.5) is 0 Å². The highest BCUT2D eigenvalue weighted by Crippen LogP contribution is 2.51. The quantitative estimate of drug-likeness (QED) is 0.776. The first-order valence-electron chi connectivity index (χ1n) is 8.32. The third-order valence-electron chi connectivity index (χ3n) is 5.17. The molecule has 1 saturated heterocycles. The highest BCUT2D eigenvalue weighted by molar-refractivity contribution is 7.89. The Kier molecular flexibility index (Phi) is 4.78. The minimum atomic E-state index is -3.41. The van der Waals surface area contributed by atoms with Crippen LogP contribution in [0.3, 0.4) is 0 Å². The van der Waals surface area contributed by atoms with Crippen molar-refractivity contribution in [3.05, 3.63) is 30.3 Å². The van der Waals surface area contributed by atoms with Crippen molar-refractivity contribution in [2.45, 2.75) is 43.7 Å². The maximum atomic E-state index is 12.2. The van der Waals surface area contributed by atoms with Gasteiger partial charge in [-0.1, -0.05) is 32.0 Å². The van der Waals surface area contributed by atoms with Crippen LogP contribution in [-0.4, -0.2) is 40.3 Å². The number of rotatable bonds is 6. The van der Waals surface area contributed by atoms with E-state index in [4.69, 9.17) is 4.74 Å². The molecule has 128 valence electrons. The molecular formula is C17H26N2O3S. The second-order valence-corrected chi connectivity index (χ2v) is 8.83. The van der Waals surface area contributed by atoms with E-state index in [1.165, 1.54) is 6.42 Å².